The highest BCUT2D eigenvalue weighted by Gasteiger charge is 2.18. The maximum absolute atomic E-state index is 12.0. The second kappa shape index (κ2) is 7.79. The van der Waals surface area contributed by atoms with Crippen LogP contribution in [-0.2, 0) is 4.79 Å². The van der Waals surface area contributed by atoms with Gasteiger partial charge in [0.05, 0.1) is 12.5 Å². The molecule has 0 saturated carbocycles. The summed E-state index contributed by atoms with van der Waals surface area (Å²) in [4.78, 5) is 13.7. The van der Waals surface area contributed by atoms with E-state index in [0.717, 1.165) is 17.7 Å². The molecule has 4 nitrogen and oxygen atoms in total. The lowest BCUT2D eigenvalue weighted by molar-refractivity contribution is -0.134. The monoisotopic (exact) mass is 264 g/mol. The van der Waals surface area contributed by atoms with Crippen molar-refractivity contribution in [2.24, 2.45) is 11.7 Å². The number of aryl methyl sites for hydroxylation is 1. The zero-order chi connectivity index (χ0) is 14.3. The molecule has 1 rings (SSSR count). The van der Waals surface area contributed by atoms with Gasteiger partial charge in [-0.2, -0.15) is 0 Å². The molecule has 1 atom stereocenters. The third-order valence-electron chi connectivity index (χ3n) is 3.19. The summed E-state index contributed by atoms with van der Waals surface area (Å²) in [6, 6.07) is 7.89. The number of amides is 1. The Kier molecular flexibility index (Phi) is 6.36. The largest absolute Gasteiger partial charge is 0.492 e. The molecule has 0 aliphatic rings. The smallest absolute Gasteiger partial charge is 0.226 e. The normalized spacial score (nSPS) is 12.0. The van der Waals surface area contributed by atoms with Crippen molar-refractivity contribution >= 4 is 5.91 Å². The molecule has 0 saturated heterocycles. The van der Waals surface area contributed by atoms with Crippen LogP contribution in [0.5, 0.6) is 5.75 Å². The van der Waals surface area contributed by atoms with Crippen molar-refractivity contribution in [3.8, 4) is 5.75 Å². The molecule has 0 aliphatic heterocycles. The quantitative estimate of drug-likeness (QED) is 0.817. The molecule has 2 N–H and O–H groups in total. The van der Waals surface area contributed by atoms with E-state index in [9.17, 15) is 4.79 Å². The standard InChI is InChI=1S/C15H24N2O2/c1-4-13(11-16)15(18)17(3)8-9-19-14-7-5-6-12(2)10-14/h5-7,10,13H,4,8-9,11,16H2,1-3H3. The highest BCUT2D eigenvalue weighted by molar-refractivity contribution is 5.78. The zero-order valence-electron chi connectivity index (χ0n) is 12.1. The van der Waals surface area contributed by atoms with Gasteiger partial charge in [0.1, 0.15) is 12.4 Å². The summed E-state index contributed by atoms with van der Waals surface area (Å²) in [5, 5.41) is 0. The number of nitrogens with zero attached hydrogens (tertiary/aromatic N) is 1. The molecule has 19 heavy (non-hydrogen) atoms. The molecule has 0 spiro atoms. The molecule has 1 unspecified atom stereocenters. The summed E-state index contributed by atoms with van der Waals surface area (Å²) >= 11 is 0. The van der Waals surface area contributed by atoms with Gasteiger partial charge in [-0.25, -0.2) is 0 Å². The van der Waals surface area contributed by atoms with E-state index < -0.39 is 0 Å². The molecule has 4 heteroatoms. The molecule has 0 fully saturated rings. The summed E-state index contributed by atoms with van der Waals surface area (Å²) in [5.41, 5.74) is 6.74. The van der Waals surface area contributed by atoms with Crippen molar-refractivity contribution in [3.63, 3.8) is 0 Å². The molecule has 0 aromatic heterocycles. The van der Waals surface area contributed by atoms with Crippen molar-refractivity contribution in [1.82, 2.24) is 4.90 Å². The van der Waals surface area contributed by atoms with Crippen molar-refractivity contribution in [3.05, 3.63) is 29.8 Å². The van der Waals surface area contributed by atoms with Crippen LogP contribution in [0.1, 0.15) is 18.9 Å². The predicted molar refractivity (Wildman–Crippen MR) is 77.1 cm³/mol. The average Bonchev–Trinajstić information content (AvgIpc) is 2.40. The second-order valence-corrected chi connectivity index (χ2v) is 4.77. The summed E-state index contributed by atoms with van der Waals surface area (Å²) in [6.45, 7) is 5.47. The molecule has 0 radical (unpaired) electrons. The summed E-state index contributed by atoms with van der Waals surface area (Å²) < 4.78 is 5.63. The van der Waals surface area contributed by atoms with Crippen LogP contribution in [0, 0.1) is 12.8 Å². The molecule has 0 aliphatic carbocycles. The highest BCUT2D eigenvalue weighted by Crippen LogP contribution is 2.12. The van der Waals surface area contributed by atoms with Gasteiger partial charge in [-0.1, -0.05) is 19.1 Å². The van der Waals surface area contributed by atoms with E-state index in [2.05, 4.69) is 0 Å². The average molecular weight is 264 g/mol. The summed E-state index contributed by atoms with van der Waals surface area (Å²) in [5.74, 6) is 0.855. The first-order valence-corrected chi connectivity index (χ1v) is 6.73. The van der Waals surface area contributed by atoms with Gasteiger partial charge in [-0.15, -0.1) is 0 Å². The van der Waals surface area contributed by atoms with Crippen molar-refractivity contribution < 1.29 is 9.53 Å². The first-order valence-electron chi connectivity index (χ1n) is 6.73. The maximum atomic E-state index is 12.0. The number of carbonyl (C=O) groups is 1. The van der Waals surface area contributed by atoms with Gasteiger partial charge in [0.25, 0.3) is 0 Å². The van der Waals surface area contributed by atoms with Gasteiger partial charge in [-0.05, 0) is 31.0 Å². The second-order valence-electron chi connectivity index (χ2n) is 4.77. The number of ether oxygens (including phenoxy) is 1. The molecular weight excluding hydrogens is 240 g/mol. The Morgan fingerprint density at radius 1 is 1.47 bits per heavy atom. The van der Waals surface area contributed by atoms with Gasteiger partial charge >= 0.3 is 0 Å². The molecule has 1 aromatic rings. The van der Waals surface area contributed by atoms with Gasteiger partial charge in [0, 0.05) is 13.6 Å². The van der Waals surface area contributed by atoms with Gasteiger partial charge in [0.2, 0.25) is 5.91 Å². The van der Waals surface area contributed by atoms with Gasteiger partial charge < -0.3 is 15.4 Å². The van der Waals surface area contributed by atoms with Crippen molar-refractivity contribution in [2.75, 3.05) is 26.7 Å². The first-order chi connectivity index (χ1) is 9.08. The number of rotatable bonds is 7. The minimum atomic E-state index is -0.0797. The Morgan fingerprint density at radius 2 is 2.21 bits per heavy atom. The molecule has 1 aromatic carbocycles. The lowest BCUT2D eigenvalue weighted by Crippen LogP contribution is -2.38. The fourth-order valence-electron chi connectivity index (χ4n) is 1.87. The minimum absolute atomic E-state index is 0.0797. The van der Waals surface area contributed by atoms with E-state index in [1.165, 1.54) is 0 Å². The van der Waals surface area contributed by atoms with E-state index >= 15 is 0 Å². The molecular formula is C15H24N2O2. The summed E-state index contributed by atoms with van der Waals surface area (Å²) in [6.07, 6.45) is 0.776. The van der Waals surface area contributed by atoms with E-state index in [1.54, 1.807) is 11.9 Å². The molecule has 106 valence electrons. The van der Waals surface area contributed by atoms with Crippen LogP contribution in [0.15, 0.2) is 24.3 Å². The van der Waals surface area contributed by atoms with Crippen LogP contribution in [-0.4, -0.2) is 37.6 Å². The Hall–Kier alpha value is -1.55. The molecule has 1 amide bonds. The number of likely N-dealkylation sites (N-methyl/N-ethyl adjacent to an activating group) is 1. The first kappa shape index (κ1) is 15.5. The Balaban J connectivity index is 2.38. The zero-order valence-corrected chi connectivity index (χ0v) is 12.1. The van der Waals surface area contributed by atoms with Crippen molar-refractivity contribution in [2.45, 2.75) is 20.3 Å². The van der Waals surface area contributed by atoms with Crippen LogP contribution in [0.3, 0.4) is 0 Å². The van der Waals surface area contributed by atoms with Gasteiger partial charge in [0.15, 0.2) is 0 Å². The lowest BCUT2D eigenvalue weighted by Gasteiger charge is -2.22. The predicted octanol–water partition coefficient (Wildman–Crippen LogP) is 1.82. The van der Waals surface area contributed by atoms with E-state index in [4.69, 9.17) is 10.5 Å². The number of carbonyl (C=O) groups excluding carboxylic acids is 1. The fraction of sp³-hybridized carbons (Fsp3) is 0.533. The third-order valence-corrected chi connectivity index (χ3v) is 3.19. The van der Waals surface area contributed by atoms with Crippen LogP contribution in [0.4, 0.5) is 0 Å². The van der Waals surface area contributed by atoms with Crippen molar-refractivity contribution in [1.29, 1.82) is 0 Å². The minimum Gasteiger partial charge on any atom is -0.492 e. The Bertz CT molecular complexity index is 403. The fourth-order valence-corrected chi connectivity index (χ4v) is 1.87. The van der Waals surface area contributed by atoms with E-state index in [0.29, 0.717) is 19.7 Å². The number of nitrogens with two attached hydrogens (primary N) is 1. The maximum Gasteiger partial charge on any atom is 0.226 e. The van der Waals surface area contributed by atoms with Crippen LogP contribution >= 0.6 is 0 Å². The third kappa shape index (κ3) is 4.91. The molecule has 0 bridgehead atoms. The summed E-state index contributed by atoms with van der Waals surface area (Å²) in [7, 11) is 1.79. The van der Waals surface area contributed by atoms with Crippen LogP contribution in [0.25, 0.3) is 0 Å². The Labute approximate surface area is 115 Å². The van der Waals surface area contributed by atoms with Gasteiger partial charge in [-0.3, -0.25) is 4.79 Å². The van der Waals surface area contributed by atoms with E-state index in [-0.39, 0.29) is 11.8 Å². The number of hydrogen-bond acceptors (Lipinski definition) is 3. The number of hydrogen-bond donors (Lipinski definition) is 1. The lowest BCUT2D eigenvalue weighted by atomic mass is 10.1. The SMILES string of the molecule is CCC(CN)C(=O)N(C)CCOc1cccc(C)c1. The Morgan fingerprint density at radius 3 is 2.79 bits per heavy atom. The highest BCUT2D eigenvalue weighted by atomic mass is 16.5. The van der Waals surface area contributed by atoms with Crippen LogP contribution in [0.2, 0.25) is 0 Å². The topological polar surface area (TPSA) is 55.6 Å². The van der Waals surface area contributed by atoms with Crippen LogP contribution < -0.4 is 10.5 Å². The van der Waals surface area contributed by atoms with E-state index in [1.807, 2.05) is 38.1 Å². The molecule has 0 heterocycles. The number of benzene rings is 1.